The Balaban J connectivity index is 2.78. The van der Waals surface area contributed by atoms with E-state index in [2.05, 4.69) is 44.0 Å². The van der Waals surface area contributed by atoms with Gasteiger partial charge in [0.1, 0.15) is 0 Å². The van der Waals surface area contributed by atoms with Gasteiger partial charge in [-0.05, 0) is 33.6 Å². The first-order chi connectivity index (χ1) is 6.22. The van der Waals surface area contributed by atoms with Gasteiger partial charge in [0, 0.05) is 19.9 Å². The summed E-state index contributed by atoms with van der Waals surface area (Å²) in [6.45, 7) is 0. The molecule has 13 heavy (non-hydrogen) atoms. The average Bonchev–Trinajstić information content (AvgIpc) is 2.47. The zero-order chi connectivity index (χ0) is 9.42. The Morgan fingerprint density at radius 3 is 2.85 bits per heavy atom. The fourth-order valence-corrected chi connectivity index (χ4v) is 3.92. The van der Waals surface area contributed by atoms with Crippen LogP contribution in [0.1, 0.15) is 5.56 Å². The highest BCUT2D eigenvalue weighted by molar-refractivity contribution is 9.11. The monoisotopic (exact) mass is 338 g/mol. The SMILES string of the molecule is Clc1cc2c(Br)c(CBr)ccc2s1. The van der Waals surface area contributed by atoms with Crippen molar-refractivity contribution in [2.75, 3.05) is 0 Å². The molecule has 0 N–H and O–H groups in total. The van der Waals surface area contributed by atoms with Crippen molar-refractivity contribution in [2.45, 2.75) is 5.33 Å². The lowest BCUT2D eigenvalue weighted by Crippen LogP contribution is -1.78. The maximum absolute atomic E-state index is 5.94. The van der Waals surface area contributed by atoms with Crippen LogP contribution in [0.25, 0.3) is 10.1 Å². The lowest BCUT2D eigenvalue weighted by molar-refractivity contribution is 1.44. The molecule has 0 nitrogen and oxygen atoms in total. The second-order valence-corrected chi connectivity index (χ2v) is 5.70. The fourth-order valence-electron chi connectivity index (χ4n) is 1.20. The first kappa shape index (κ1) is 9.97. The molecule has 0 amide bonds. The predicted molar refractivity (Wildman–Crippen MR) is 67.2 cm³/mol. The normalized spacial score (nSPS) is 11.0. The first-order valence-corrected chi connectivity index (χ1v) is 6.75. The Labute approximate surface area is 102 Å². The van der Waals surface area contributed by atoms with E-state index >= 15 is 0 Å². The molecule has 2 aromatic rings. The number of rotatable bonds is 1. The van der Waals surface area contributed by atoms with Crippen molar-refractivity contribution in [3.63, 3.8) is 0 Å². The Bertz CT molecular complexity index is 450. The van der Waals surface area contributed by atoms with Crippen molar-refractivity contribution in [3.05, 3.63) is 32.6 Å². The van der Waals surface area contributed by atoms with E-state index in [-0.39, 0.29) is 0 Å². The summed E-state index contributed by atoms with van der Waals surface area (Å²) in [6.07, 6.45) is 0. The lowest BCUT2D eigenvalue weighted by Gasteiger charge is -2.00. The van der Waals surface area contributed by atoms with Crippen LogP contribution in [-0.2, 0) is 5.33 Å². The zero-order valence-electron chi connectivity index (χ0n) is 6.48. The molecule has 4 heteroatoms. The number of alkyl halides is 1. The summed E-state index contributed by atoms with van der Waals surface area (Å²) in [6, 6.07) is 6.21. The van der Waals surface area contributed by atoms with Gasteiger partial charge in [0.25, 0.3) is 0 Å². The predicted octanol–water partition coefficient (Wildman–Crippen LogP) is 5.21. The molecule has 0 saturated heterocycles. The topological polar surface area (TPSA) is 0 Å². The van der Waals surface area contributed by atoms with Gasteiger partial charge in [-0.3, -0.25) is 0 Å². The van der Waals surface area contributed by atoms with Gasteiger partial charge in [-0.25, -0.2) is 0 Å². The molecular formula is C9H5Br2ClS. The second-order valence-electron chi connectivity index (χ2n) is 2.63. The summed E-state index contributed by atoms with van der Waals surface area (Å²) in [5.74, 6) is 0. The number of thiophene rings is 1. The lowest BCUT2D eigenvalue weighted by atomic mass is 10.2. The Kier molecular flexibility index (Phi) is 2.98. The van der Waals surface area contributed by atoms with E-state index in [1.54, 1.807) is 11.3 Å². The summed E-state index contributed by atoms with van der Waals surface area (Å²) in [5, 5.41) is 2.06. The summed E-state index contributed by atoms with van der Waals surface area (Å²) in [4.78, 5) is 0. The number of hydrogen-bond donors (Lipinski definition) is 0. The van der Waals surface area contributed by atoms with Crippen LogP contribution in [0.5, 0.6) is 0 Å². The third-order valence-electron chi connectivity index (χ3n) is 1.83. The van der Waals surface area contributed by atoms with Gasteiger partial charge in [0.05, 0.1) is 4.34 Å². The third-order valence-corrected chi connectivity index (χ3v) is 4.60. The number of halogens is 3. The summed E-state index contributed by atoms with van der Waals surface area (Å²) < 4.78 is 3.20. The van der Waals surface area contributed by atoms with E-state index < -0.39 is 0 Å². The molecule has 1 aromatic heterocycles. The van der Waals surface area contributed by atoms with Gasteiger partial charge in [-0.2, -0.15) is 0 Å². The molecule has 0 atom stereocenters. The summed E-state index contributed by atoms with van der Waals surface area (Å²) >= 11 is 14.6. The van der Waals surface area contributed by atoms with Gasteiger partial charge in [0.15, 0.2) is 0 Å². The maximum atomic E-state index is 5.94. The second kappa shape index (κ2) is 3.89. The van der Waals surface area contributed by atoms with E-state index in [1.807, 2.05) is 6.07 Å². The minimum Gasteiger partial charge on any atom is -0.123 e. The van der Waals surface area contributed by atoms with E-state index in [0.29, 0.717) is 0 Å². The van der Waals surface area contributed by atoms with Crippen LogP contribution in [0, 0.1) is 0 Å². The minimum atomic E-state index is 0.836. The van der Waals surface area contributed by atoms with Crippen molar-refractivity contribution < 1.29 is 0 Å². The molecule has 0 fully saturated rings. The van der Waals surface area contributed by atoms with E-state index in [9.17, 15) is 0 Å². The molecule has 0 aliphatic rings. The number of hydrogen-bond acceptors (Lipinski definition) is 1. The van der Waals surface area contributed by atoms with Gasteiger partial charge in [0.2, 0.25) is 0 Å². The first-order valence-electron chi connectivity index (χ1n) is 3.65. The third kappa shape index (κ3) is 1.80. The molecule has 0 bridgehead atoms. The van der Waals surface area contributed by atoms with Gasteiger partial charge in [-0.1, -0.05) is 33.6 Å². The standard InChI is InChI=1S/C9H5Br2ClS/c10-4-5-1-2-7-6(9(5)11)3-8(12)13-7/h1-3H,4H2. The molecule has 0 spiro atoms. The average molecular weight is 340 g/mol. The molecule has 0 aliphatic carbocycles. The molecule has 1 aromatic carbocycles. The van der Waals surface area contributed by atoms with E-state index in [0.717, 1.165) is 14.1 Å². The quantitative estimate of drug-likeness (QED) is 0.625. The van der Waals surface area contributed by atoms with Gasteiger partial charge in [-0.15, -0.1) is 11.3 Å². The highest BCUT2D eigenvalue weighted by Crippen LogP contribution is 2.36. The minimum absolute atomic E-state index is 0.836. The maximum Gasteiger partial charge on any atom is 0.0941 e. The zero-order valence-corrected chi connectivity index (χ0v) is 11.2. The number of fused-ring (bicyclic) bond motifs is 1. The molecule has 68 valence electrons. The van der Waals surface area contributed by atoms with Crippen LogP contribution in [0.3, 0.4) is 0 Å². The smallest absolute Gasteiger partial charge is 0.0941 e. The molecule has 0 saturated carbocycles. The summed E-state index contributed by atoms with van der Waals surface area (Å²) in [5.41, 5.74) is 1.25. The molecule has 1 heterocycles. The van der Waals surface area contributed by atoms with Crippen molar-refractivity contribution in [2.24, 2.45) is 0 Å². The van der Waals surface area contributed by atoms with Crippen molar-refractivity contribution in [3.8, 4) is 0 Å². The Morgan fingerprint density at radius 2 is 2.15 bits per heavy atom. The van der Waals surface area contributed by atoms with E-state index in [1.165, 1.54) is 15.6 Å². The highest BCUT2D eigenvalue weighted by Gasteiger charge is 2.06. The van der Waals surface area contributed by atoms with Crippen molar-refractivity contribution >= 4 is 64.9 Å². The van der Waals surface area contributed by atoms with E-state index in [4.69, 9.17) is 11.6 Å². The highest BCUT2D eigenvalue weighted by atomic mass is 79.9. The van der Waals surface area contributed by atoms with Gasteiger partial charge >= 0.3 is 0 Å². The Hall–Kier alpha value is 0.430. The van der Waals surface area contributed by atoms with Crippen LogP contribution in [0.15, 0.2) is 22.7 Å². The molecule has 0 unspecified atom stereocenters. The van der Waals surface area contributed by atoms with Gasteiger partial charge < -0.3 is 0 Å². The van der Waals surface area contributed by atoms with Crippen molar-refractivity contribution in [1.29, 1.82) is 0 Å². The van der Waals surface area contributed by atoms with Crippen LogP contribution in [0.2, 0.25) is 4.34 Å². The molecule has 0 radical (unpaired) electrons. The van der Waals surface area contributed by atoms with Crippen molar-refractivity contribution in [1.82, 2.24) is 0 Å². The number of benzene rings is 1. The van der Waals surface area contributed by atoms with Crippen LogP contribution >= 0.6 is 54.8 Å². The van der Waals surface area contributed by atoms with Crippen LogP contribution < -0.4 is 0 Å². The van der Waals surface area contributed by atoms with Crippen LogP contribution in [0.4, 0.5) is 0 Å². The molecular weight excluding hydrogens is 335 g/mol. The molecule has 0 aliphatic heterocycles. The summed E-state index contributed by atoms with van der Waals surface area (Å²) in [7, 11) is 0. The largest absolute Gasteiger partial charge is 0.123 e. The fraction of sp³-hybridized carbons (Fsp3) is 0.111. The van der Waals surface area contributed by atoms with Crippen LogP contribution in [-0.4, -0.2) is 0 Å². The molecule has 2 rings (SSSR count). The Morgan fingerprint density at radius 1 is 1.38 bits per heavy atom.